The maximum atomic E-state index is 13.7. The fourth-order valence-electron chi connectivity index (χ4n) is 1.52. The van der Waals surface area contributed by atoms with E-state index in [1.54, 1.807) is 34.9 Å². The smallest absolute Gasteiger partial charge is 0.332 e. The molecule has 1 aliphatic rings. The maximum absolute atomic E-state index is 13.7. The zero-order chi connectivity index (χ0) is 14.2. The molecular formula is C9H19FN6O2. The van der Waals surface area contributed by atoms with Gasteiger partial charge in [-0.2, -0.15) is 5.01 Å². The van der Waals surface area contributed by atoms with Crippen LogP contribution in [0.1, 0.15) is 20.8 Å². The molecule has 1 aliphatic heterocycles. The lowest BCUT2D eigenvalue weighted by atomic mass is 10.1. The highest BCUT2D eigenvalue weighted by atomic mass is 19.2. The monoisotopic (exact) mass is 262 g/mol. The van der Waals surface area contributed by atoms with E-state index in [9.17, 15) is 14.1 Å². The number of halogens is 1. The highest BCUT2D eigenvalue weighted by Crippen LogP contribution is 2.21. The van der Waals surface area contributed by atoms with Gasteiger partial charge in [0.15, 0.2) is 0 Å². The molecule has 8 nitrogen and oxygen atoms in total. The molecule has 18 heavy (non-hydrogen) atoms. The predicted molar refractivity (Wildman–Crippen MR) is 62.0 cm³/mol. The van der Waals surface area contributed by atoms with Crippen LogP contribution in [0.4, 0.5) is 14.1 Å². The number of carbonyl (C=O) groups is 2. The summed E-state index contributed by atoms with van der Waals surface area (Å²) in [6.45, 7) is 5.24. The standard InChI is InChI=1S/C9H19FN6O2/c1-9(2,3)12-6(17)15-7(13(4)5)14(11)8(18)16(15)10/h7H,11H2,1-5H3,(H,12,17). The first kappa shape index (κ1) is 14.5. The Kier molecular flexibility index (Phi) is 3.67. The van der Waals surface area contributed by atoms with Gasteiger partial charge in [-0.25, -0.2) is 20.4 Å². The van der Waals surface area contributed by atoms with Crippen LogP contribution in [0.2, 0.25) is 0 Å². The summed E-state index contributed by atoms with van der Waals surface area (Å²) in [5.41, 5.74) is -0.556. The first-order chi connectivity index (χ1) is 8.06. The molecule has 1 fully saturated rings. The Morgan fingerprint density at radius 3 is 2.33 bits per heavy atom. The molecular weight excluding hydrogens is 243 g/mol. The first-order valence-electron chi connectivity index (χ1n) is 5.38. The third kappa shape index (κ3) is 2.62. The van der Waals surface area contributed by atoms with Crippen LogP contribution < -0.4 is 11.2 Å². The predicted octanol–water partition coefficient (Wildman–Crippen LogP) is 0.0525. The number of urea groups is 2. The van der Waals surface area contributed by atoms with Gasteiger partial charge in [0.2, 0.25) is 6.29 Å². The Morgan fingerprint density at radius 1 is 1.44 bits per heavy atom. The van der Waals surface area contributed by atoms with Crippen molar-refractivity contribution in [1.82, 2.24) is 25.5 Å². The van der Waals surface area contributed by atoms with E-state index in [4.69, 9.17) is 5.84 Å². The Labute approximate surface area is 105 Å². The van der Waals surface area contributed by atoms with Gasteiger partial charge in [0.1, 0.15) is 0 Å². The van der Waals surface area contributed by atoms with Gasteiger partial charge in [-0.1, -0.05) is 9.71 Å². The van der Waals surface area contributed by atoms with Crippen LogP contribution in [0.25, 0.3) is 0 Å². The number of nitrogens with one attached hydrogen (secondary N) is 1. The van der Waals surface area contributed by atoms with Gasteiger partial charge in [-0.3, -0.25) is 4.90 Å². The van der Waals surface area contributed by atoms with Crippen molar-refractivity contribution in [3.63, 3.8) is 0 Å². The molecule has 0 aromatic rings. The average molecular weight is 262 g/mol. The maximum Gasteiger partial charge on any atom is 0.385 e. The molecule has 9 heteroatoms. The first-order valence-corrected chi connectivity index (χ1v) is 5.38. The van der Waals surface area contributed by atoms with Crippen molar-refractivity contribution in [2.24, 2.45) is 5.84 Å². The van der Waals surface area contributed by atoms with Crippen LogP contribution >= 0.6 is 0 Å². The summed E-state index contributed by atoms with van der Waals surface area (Å²) in [5.74, 6) is 5.44. The number of nitrogens with two attached hydrogens (primary N) is 1. The third-order valence-electron chi connectivity index (χ3n) is 2.19. The molecule has 0 aromatic heterocycles. The summed E-state index contributed by atoms with van der Waals surface area (Å²) in [5, 5.41) is 3.52. The molecule has 0 radical (unpaired) electrons. The van der Waals surface area contributed by atoms with Crippen LogP contribution in [0.15, 0.2) is 0 Å². The molecule has 0 bridgehead atoms. The molecule has 3 N–H and O–H groups in total. The lowest BCUT2D eigenvalue weighted by Crippen LogP contribution is -2.59. The SMILES string of the molecule is CN(C)C1N(N)C(=O)N(F)N1C(=O)NC(C)(C)C. The second kappa shape index (κ2) is 4.58. The fourth-order valence-corrected chi connectivity index (χ4v) is 1.52. The van der Waals surface area contributed by atoms with E-state index in [2.05, 4.69) is 5.32 Å². The van der Waals surface area contributed by atoms with E-state index in [1.807, 2.05) is 0 Å². The summed E-state index contributed by atoms with van der Waals surface area (Å²) in [6, 6.07) is -1.84. The van der Waals surface area contributed by atoms with Gasteiger partial charge >= 0.3 is 12.1 Å². The summed E-state index contributed by atoms with van der Waals surface area (Å²) < 4.78 is 13.7. The van der Waals surface area contributed by atoms with Crippen molar-refractivity contribution >= 4 is 12.1 Å². The van der Waals surface area contributed by atoms with E-state index < -0.39 is 23.9 Å². The van der Waals surface area contributed by atoms with Crippen molar-refractivity contribution in [2.75, 3.05) is 14.1 Å². The molecule has 0 spiro atoms. The molecule has 1 rings (SSSR count). The molecule has 0 saturated carbocycles. The summed E-state index contributed by atoms with van der Waals surface area (Å²) in [6.07, 6.45) is -1.01. The van der Waals surface area contributed by atoms with Gasteiger partial charge < -0.3 is 5.32 Å². The molecule has 1 atom stereocenters. The van der Waals surface area contributed by atoms with Gasteiger partial charge in [0.25, 0.3) is 0 Å². The van der Waals surface area contributed by atoms with E-state index in [0.717, 1.165) is 0 Å². The highest BCUT2D eigenvalue weighted by molar-refractivity contribution is 5.83. The Bertz CT molecular complexity index is 355. The van der Waals surface area contributed by atoms with Crippen molar-refractivity contribution in [3.05, 3.63) is 0 Å². The van der Waals surface area contributed by atoms with E-state index in [0.29, 0.717) is 10.0 Å². The second-order valence-corrected chi connectivity index (χ2v) is 5.28. The molecule has 0 aromatic carbocycles. The fraction of sp³-hybridized carbons (Fsp3) is 0.778. The highest BCUT2D eigenvalue weighted by Gasteiger charge is 2.48. The number of amides is 4. The molecule has 1 unspecified atom stereocenters. The minimum atomic E-state index is -1.10. The van der Waals surface area contributed by atoms with Crippen molar-refractivity contribution < 1.29 is 14.1 Å². The summed E-state index contributed by atoms with van der Waals surface area (Å²) in [7, 11) is 3.16. The van der Waals surface area contributed by atoms with Crippen molar-refractivity contribution in [1.29, 1.82) is 0 Å². The molecule has 104 valence electrons. The number of carbonyl (C=O) groups excluding carboxylic acids is 2. The number of nitrogens with zero attached hydrogens (tertiary/aromatic N) is 4. The van der Waals surface area contributed by atoms with Crippen LogP contribution in [-0.2, 0) is 0 Å². The van der Waals surface area contributed by atoms with Gasteiger partial charge in [-0.05, 0) is 34.9 Å². The van der Waals surface area contributed by atoms with Crippen LogP contribution in [0.3, 0.4) is 0 Å². The minimum absolute atomic E-state index is 0.300. The Morgan fingerprint density at radius 2 is 1.94 bits per heavy atom. The second-order valence-electron chi connectivity index (χ2n) is 5.28. The normalized spacial score (nSPS) is 21.0. The number of hydrogen-bond donors (Lipinski definition) is 2. The van der Waals surface area contributed by atoms with Crippen molar-refractivity contribution in [2.45, 2.75) is 32.6 Å². The number of rotatable bonds is 1. The zero-order valence-corrected chi connectivity index (χ0v) is 11.1. The van der Waals surface area contributed by atoms with Crippen LogP contribution in [0.5, 0.6) is 0 Å². The van der Waals surface area contributed by atoms with Crippen LogP contribution in [0, 0.1) is 0 Å². The Hall–Kier alpha value is -1.61. The summed E-state index contributed by atoms with van der Waals surface area (Å²) in [4.78, 5) is 24.8. The average Bonchev–Trinajstić information content (AvgIpc) is 2.39. The van der Waals surface area contributed by atoms with E-state index in [1.165, 1.54) is 4.90 Å². The zero-order valence-electron chi connectivity index (χ0n) is 11.1. The summed E-state index contributed by atoms with van der Waals surface area (Å²) >= 11 is 0. The molecule has 1 heterocycles. The lowest BCUT2D eigenvalue weighted by molar-refractivity contribution is -0.113. The Balaban J connectivity index is 2.97. The molecule has 1 saturated heterocycles. The van der Waals surface area contributed by atoms with E-state index >= 15 is 0 Å². The van der Waals surface area contributed by atoms with Gasteiger partial charge in [-0.15, -0.1) is 0 Å². The van der Waals surface area contributed by atoms with Crippen LogP contribution in [-0.4, -0.2) is 58.1 Å². The number of hydrazine groups is 2. The third-order valence-corrected chi connectivity index (χ3v) is 2.19. The minimum Gasteiger partial charge on any atom is -0.332 e. The largest absolute Gasteiger partial charge is 0.385 e. The van der Waals surface area contributed by atoms with Gasteiger partial charge in [0, 0.05) is 5.54 Å². The van der Waals surface area contributed by atoms with Crippen molar-refractivity contribution in [3.8, 4) is 0 Å². The molecule has 4 amide bonds. The quantitative estimate of drug-likeness (QED) is 0.397. The lowest BCUT2D eigenvalue weighted by Gasteiger charge is -2.32. The van der Waals surface area contributed by atoms with E-state index in [-0.39, 0.29) is 5.23 Å². The number of hydrogen-bond acceptors (Lipinski definition) is 4. The topological polar surface area (TPSA) is 85.2 Å². The van der Waals surface area contributed by atoms with Gasteiger partial charge in [0.05, 0.1) is 0 Å². The molecule has 0 aliphatic carbocycles.